The second kappa shape index (κ2) is 7.64. The minimum Gasteiger partial charge on any atom is -0.416 e. The summed E-state index contributed by atoms with van der Waals surface area (Å²) in [7, 11) is 0. The van der Waals surface area contributed by atoms with Gasteiger partial charge in [0, 0.05) is 26.4 Å². The van der Waals surface area contributed by atoms with Gasteiger partial charge in [0.05, 0.1) is 11.8 Å². The molecule has 1 aromatic carbocycles. The van der Waals surface area contributed by atoms with Gasteiger partial charge in [-0.15, -0.1) is 10.2 Å². The molecule has 0 aliphatic carbocycles. The predicted molar refractivity (Wildman–Crippen MR) is 88.1 cm³/mol. The van der Waals surface area contributed by atoms with E-state index in [0.29, 0.717) is 24.2 Å². The Morgan fingerprint density at radius 3 is 3.04 bits per heavy atom. The molecule has 2 aromatic rings. The minimum absolute atomic E-state index is 0.0604. The Kier molecular flexibility index (Phi) is 5.32. The fourth-order valence-corrected chi connectivity index (χ4v) is 3.23. The van der Waals surface area contributed by atoms with Crippen molar-refractivity contribution in [2.45, 2.75) is 31.2 Å². The van der Waals surface area contributed by atoms with Crippen LogP contribution in [0.5, 0.6) is 0 Å². The number of carbonyl (C=O) groups is 2. The topological polar surface area (TPSA) is 88.3 Å². The van der Waals surface area contributed by atoms with Crippen molar-refractivity contribution < 1.29 is 18.4 Å². The van der Waals surface area contributed by atoms with E-state index >= 15 is 0 Å². The van der Waals surface area contributed by atoms with Crippen LogP contribution in [0.25, 0.3) is 0 Å². The molecule has 1 saturated heterocycles. The molecule has 0 unspecified atom stereocenters. The first-order valence-corrected chi connectivity index (χ1v) is 8.72. The van der Waals surface area contributed by atoms with Crippen molar-refractivity contribution in [2.24, 2.45) is 0 Å². The largest absolute Gasteiger partial charge is 0.416 e. The van der Waals surface area contributed by atoms with E-state index in [-0.39, 0.29) is 35.8 Å². The molecule has 7 nitrogen and oxygen atoms in total. The molecule has 0 spiro atoms. The third kappa shape index (κ3) is 4.79. The summed E-state index contributed by atoms with van der Waals surface area (Å²) >= 11 is 1.15. The maximum Gasteiger partial charge on any atom is 0.277 e. The van der Waals surface area contributed by atoms with Gasteiger partial charge in [0.25, 0.3) is 5.22 Å². The molecule has 132 valence electrons. The smallest absolute Gasteiger partial charge is 0.277 e. The van der Waals surface area contributed by atoms with E-state index in [1.165, 1.54) is 12.1 Å². The van der Waals surface area contributed by atoms with Crippen LogP contribution in [0.3, 0.4) is 0 Å². The third-order valence-corrected chi connectivity index (χ3v) is 4.49. The zero-order valence-electron chi connectivity index (χ0n) is 13.6. The number of nitrogens with zero attached hydrogens (tertiary/aromatic N) is 3. The van der Waals surface area contributed by atoms with Crippen molar-refractivity contribution in [3.63, 3.8) is 0 Å². The van der Waals surface area contributed by atoms with E-state index in [1.54, 1.807) is 24.0 Å². The number of halogens is 1. The number of aryl methyl sites for hydroxylation is 1. The van der Waals surface area contributed by atoms with E-state index in [2.05, 4.69) is 15.5 Å². The molecule has 1 fully saturated rings. The highest BCUT2D eigenvalue weighted by Gasteiger charge is 2.30. The maximum atomic E-state index is 13.2. The van der Waals surface area contributed by atoms with Crippen LogP contribution in [0.2, 0.25) is 0 Å². The molecule has 2 amide bonds. The van der Waals surface area contributed by atoms with E-state index in [9.17, 15) is 14.0 Å². The first-order valence-electron chi connectivity index (χ1n) is 7.74. The fraction of sp³-hybridized carbons (Fsp3) is 0.375. The van der Waals surface area contributed by atoms with Crippen LogP contribution < -0.4 is 5.32 Å². The van der Waals surface area contributed by atoms with Crippen molar-refractivity contribution in [1.29, 1.82) is 0 Å². The van der Waals surface area contributed by atoms with Gasteiger partial charge < -0.3 is 14.6 Å². The van der Waals surface area contributed by atoms with Crippen LogP contribution >= 0.6 is 11.8 Å². The summed E-state index contributed by atoms with van der Waals surface area (Å²) in [5.74, 6) is -0.0171. The van der Waals surface area contributed by atoms with Crippen molar-refractivity contribution >= 4 is 23.6 Å². The lowest BCUT2D eigenvalue weighted by Crippen LogP contribution is -2.38. The molecular weight excluding hydrogens is 347 g/mol. The number of aromatic nitrogens is 2. The van der Waals surface area contributed by atoms with Crippen LogP contribution in [-0.2, 0) is 16.1 Å². The molecule has 2 heterocycles. The highest BCUT2D eigenvalue weighted by Crippen LogP contribution is 2.18. The lowest BCUT2D eigenvalue weighted by atomic mass is 10.2. The summed E-state index contributed by atoms with van der Waals surface area (Å²) in [6.07, 6.45) is 0.241. The van der Waals surface area contributed by atoms with Gasteiger partial charge in [0.1, 0.15) is 5.82 Å². The van der Waals surface area contributed by atoms with Gasteiger partial charge in [0.15, 0.2) is 0 Å². The summed E-state index contributed by atoms with van der Waals surface area (Å²) in [4.78, 5) is 25.7. The quantitative estimate of drug-likeness (QED) is 0.782. The van der Waals surface area contributed by atoms with Gasteiger partial charge in [-0.3, -0.25) is 9.59 Å². The van der Waals surface area contributed by atoms with Crippen LogP contribution in [0.1, 0.15) is 17.9 Å². The highest BCUT2D eigenvalue weighted by atomic mass is 32.2. The highest BCUT2D eigenvalue weighted by molar-refractivity contribution is 7.99. The second-order valence-electron chi connectivity index (χ2n) is 5.75. The molecule has 1 atom stereocenters. The molecule has 1 aliphatic rings. The summed E-state index contributed by atoms with van der Waals surface area (Å²) in [5.41, 5.74) is 0.725. The Bertz CT molecular complexity index is 782. The average Bonchev–Trinajstić information content (AvgIpc) is 3.11. The first kappa shape index (κ1) is 17.4. The number of hydrogen-bond donors (Lipinski definition) is 1. The Morgan fingerprint density at radius 2 is 2.32 bits per heavy atom. The van der Waals surface area contributed by atoms with Crippen LogP contribution in [-0.4, -0.2) is 45.3 Å². The van der Waals surface area contributed by atoms with Crippen LogP contribution in [0.4, 0.5) is 4.39 Å². The van der Waals surface area contributed by atoms with Crippen LogP contribution in [0.15, 0.2) is 33.9 Å². The van der Waals surface area contributed by atoms with E-state index < -0.39 is 0 Å². The summed E-state index contributed by atoms with van der Waals surface area (Å²) in [6.45, 7) is 2.42. The summed E-state index contributed by atoms with van der Waals surface area (Å²) in [6, 6.07) is 5.90. The molecule has 3 rings (SSSR count). The maximum absolute atomic E-state index is 13.2. The zero-order valence-corrected chi connectivity index (χ0v) is 14.4. The molecule has 25 heavy (non-hydrogen) atoms. The monoisotopic (exact) mass is 364 g/mol. The van der Waals surface area contributed by atoms with E-state index in [1.807, 2.05) is 0 Å². The molecule has 0 bridgehead atoms. The molecular formula is C16H17FN4O3S. The molecule has 1 N–H and O–H groups in total. The SMILES string of the molecule is Cc1nnc(SCC(=O)N[C@@H]2CC(=O)N(Cc3cccc(F)c3)C2)o1. The van der Waals surface area contributed by atoms with Gasteiger partial charge in [-0.1, -0.05) is 23.9 Å². The lowest BCUT2D eigenvalue weighted by Gasteiger charge is -2.17. The van der Waals surface area contributed by atoms with Gasteiger partial charge in [-0.2, -0.15) is 0 Å². The Balaban J connectivity index is 1.47. The predicted octanol–water partition coefficient (Wildman–Crippen LogP) is 1.53. The zero-order chi connectivity index (χ0) is 17.8. The average molecular weight is 364 g/mol. The summed E-state index contributed by atoms with van der Waals surface area (Å²) in [5, 5.41) is 10.7. The van der Waals surface area contributed by atoms with Crippen LogP contribution in [0, 0.1) is 12.7 Å². The number of thioether (sulfide) groups is 1. The number of rotatable bonds is 6. The molecule has 1 aromatic heterocycles. The molecule has 9 heteroatoms. The standard InChI is InChI=1S/C16H17FN4O3S/c1-10-19-20-16(24-10)25-9-14(22)18-13-6-15(23)21(8-13)7-11-3-2-4-12(17)5-11/h2-5,13H,6-9H2,1H3,(H,18,22)/t13-/m1/s1. The summed E-state index contributed by atoms with van der Waals surface area (Å²) < 4.78 is 18.4. The number of nitrogens with one attached hydrogen (secondary N) is 1. The first-order chi connectivity index (χ1) is 12.0. The Labute approximate surface area is 148 Å². The van der Waals surface area contributed by atoms with Gasteiger partial charge in [0.2, 0.25) is 17.7 Å². The third-order valence-electron chi connectivity index (χ3n) is 3.68. The normalized spacial score (nSPS) is 17.1. The number of likely N-dealkylation sites (tertiary alicyclic amines) is 1. The van der Waals surface area contributed by atoms with Gasteiger partial charge >= 0.3 is 0 Å². The van der Waals surface area contributed by atoms with Gasteiger partial charge in [-0.05, 0) is 17.7 Å². The number of hydrogen-bond acceptors (Lipinski definition) is 6. The second-order valence-corrected chi connectivity index (χ2v) is 6.67. The fourth-order valence-electron chi connectivity index (χ4n) is 2.61. The Hall–Kier alpha value is -2.42. The van der Waals surface area contributed by atoms with Crippen molar-refractivity contribution in [1.82, 2.24) is 20.4 Å². The number of amides is 2. The van der Waals surface area contributed by atoms with Crippen molar-refractivity contribution in [3.05, 3.63) is 41.5 Å². The molecule has 1 aliphatic heterocycles. The van der Waals surface area contributed by atoms with E-state index in [0.717, 1.165) is 17.3 Å². The molecule has 0 radical (unpaired) electrons. The number of benzene rings is 1. The van der Waals surface area contributed by atoms with Crippen molar-refractivity contribution in [2.75, 3.05) is 12.3 Å². The lowest BCUT2D eigenvalue weighted by molar-refractivity contribution is -0.128. The molecule has 0 saturated carbocycles. The van der Waals surface area contributed by atoms with Crippen molar-refractivity contribution in [3.8, 4) is 0 Å². The minimum atomic E-state index is -0.331. The van der Waals surface area contributed by atoms with Gasteiger partial charge in [-0.25, -0.2) is 4.39 Å². The Morgan fingerprint density at radius 1 is 1.48 bits per heavy atom. The van der Waals surface area contributed by atoms with E-state index in [4.69, 9.17) is 4.42 Å². The number of carbonyl (C=O) groups excluding carboxylic acids is 2.